The average Bonchev–Trinajstić information content (AvgIpc) is 0.945. The molecule has 0 spiro atoms. The van der Waals surface area contributed by atoms with Crippen LogP contribution in [0.15, 0.2) is 0 Å². The highest BCUT2D eigenvalue weighted by atomic mass is 16.5. The van der Waals surface area contributed by atoms with Crippen LogP contribution in [0.2, 0.25) is 0 Å². The van der Waals surface area contributed by atoms with Gasteiger partial charge in [0.05, 0.1) is 38.3 Å². The van der Waals surface area contributed by atoms with Crippen molar-refractivity contribution in [3.8, 4) is 0 Å². The molecule has 750 valence electrons. The Kier molecular flexibility index (Phi) is 98.2. The minimum absolute atomic E-state index is 0.0133. The van der Waals surface area contributed by atoms with Crippen molar-refractivity contribution in [3.05, 3.63) is 0 Å². The lowest BCUT2D eigenvalue weighted by Gasteiger charge is -2.25. The zero-order valence-corrected chi connectivity index (χ0v) is 86.3. The fourth-order valence-electron chi connectivity index (χ4n) is 18.8. The van der Waals surface area contributed by atoms with E-state index in [2.05, 4.69) is 82.2 Å². The molecule has 0 aliphatic rings. The molecule has 0 saturated carbocycles. The van der Waals surface area contributed by atoms with E-state index in [0.717, 1.165) is 225 Å². The van der Waals surface area contributed by atoms with Crippen LogP contribution in [0.3, 0.4) is 0 Å². The predicted octanol–water partition coefficient (Wildman–Crippen LogP) is 31.3. The third-order valence-corrected chi connectivity index (χ3v) is 27.9. The van der Waals surface area contributed by atoms with Gasteiger partial charge in [-0.1, -0.05) is 408 Å². The number of rotatable bonds is 106. The molecular weight excluding hydrogens is 1560 g/mol. The molecule has 0 aliphatic carbocycles. The van der Waals surface area contributed by atoms with Gasteiger partial charge in [0.15, 0.2) is 0 Å². The van der Waals surface area contributed by atoms with Crippen molar-refractivity contribution in [2.75, 3.05) is 119 Å². The molecule has 126 heavy (non-hydrogen) atoms. The Morgan fingerprint density at radius 2 is 0.452 bits per heavy atom. The molecule has 0 saturated heterocycles. The first-order valence-electron chi connectivity index (χ1n) is 56.5. The molecule has 0 fully saturated rings. The first kappa shape index (κ1) is 124. The minimum atomic E-state index is -0.0187. The van der Waals surface area contributed by atoms with Gasteiger partial charge >= 0.3 is 23.9 Å². The number of aliphatic hydroxyl groups excluding tert-OH is 2. The summed E-state index contributed by atoms with van der Waals surface area (Å²) >= 11 is 0. The maximum Gasteiger partial charge on any atom is 0.308 e. The van der Waals surface area contributed by atoms with E-state index < -0.39 is 0 Å². The van der Waals surface area contributed by atoms with E-state index in [1.165, 1.54) is 334 Å². The van der Waals surface area contributed by atoms with Gasteiger partial charge in [-0.15, -0.1) is 0 Å². The zero-order valence-electron chi connectivity index (χ0n) is 86.3. The van der Waals surface area contributed by atoms with Crippen LogP contribution in [0.1, 0.15) is 549 Å². The summed E-state index contributed by atoms with van der Waals surface area (Å²) < 4.78 is 24.1. The highest BCUT2D eigenvalue weighted by Crippen LogP contribution is 2.29. The molecular formula is C112H222N4O10. The molecule has 0 rings (SSSR count). The van der Waals surface area contributed by atoms with Crippen LogP contribution in [0.4, 0.5) is 0 Å². The largest absolute Gasteiger partial charge is 0.465 e. The van der Waals surface area contributed by atoms with Crippen molar-refractivity contribution in [3.63, 3.8) is 0 Å². The lowest BCUT2D eigenvalue weighted by atomic mass is 9.89. The van der Waals surface area contributed by atoms with Crippen LogP contribution in [-0.4, -0.2) is 173 Å². The fraction of sp³-hybridized carbons (Fsp3) is 0.964. The predicted molar refractivity (Wildman–Crippen MR) is 543 cm³/mol. The quantitative estimate of drug-likeness (QED) is 0.0337. The van der Waals surface area contributed by atoms with Gasteiger partial charge in [0.25, 0.3) is 0 Å². The first-order chi connectivity index (χ1) is 61.8. The number of hydrogen-bond donors (Lipinski definition) is 2. The van der Waals surface area contributed by atoms with Gasteiger partial charge < -0.3 is 48.8 Å². The third-order valence-electron chi connectivity index (χ3n) is 27.9. The van der Waals surface area contributed by atoms with Crippen molar-refractivity contribution in [1.29, 1.82) is 0 Å². The van der Waals surface area contributed by atoms with E-state index in [-0.39, 0.29) is 42.3 Å². The molecule has 0 aromatic heterocycles. The number of carbonyl (C=O) groups is 4. The lowest BCUT2D eigenvalue weighted by molar-refractivity contribution is -0.150. The molecule has 14 heteroatoms. The number of nitrogens with zero attached hydrogens (tertiary/aromatic N) is 4. The molecule has 0 bridgehead atoms. The summed E-state index contributed by atoms with van der Waals surface area (Å²) in [5, 5.41) is 18.5. The number of hydrogen-bond acceptors (Lipinski definition) is 14. The highest BCUT2D eigenvalue weighted by molar-refractivity contribution is 5.73. The van der Waals surface area contributed by atoms with Crippen LogP contribution in [0.5, 0.6) is 0 Å². The number of esters is 4. The van der Waals surface area contributed by atoms with E-state index >= 15 is 0 Å². The van der Waals surface area contributed by atoms with E-state index in [1.54, 1.807) is 0 Å². The third kappa shape index (κ3) is 87.0. The van der Waals surface area contributed by atoms with Gasteiger partial charge in [-0.2, -0.15) is 0 Å². The van der Waals surface area contributed by atoms with Gasteiger partial charge in [0, 0.05) is 52.2 Å². The Hall–Kier alpha value is -2.36. The summed E-state index contributed by atoms with van der Waals surface area (Å²) in [6.45, 7) is 29.9. The van der Waals surface area contributed by atoms with Crippen molar-refractivity contribution in [1.82, 2.24) is 19.6 Å². The van der Waals surface area contributed by atoms with Crippen molar-refractivity contribution >= 4 is 23.9 Å². The van der Waals surface area contributed by atoms with Crippen LogP contribution in [0, 0.1) is 29.6 Å². The van der Waals surface area contributed by atoms with E-state index in [4.69, 9.17) is 18.9 Å². The van der Waals surface area contributed by atoms with Gasteiger partial charge in [-0.25, -0.2) is 0 Å². The fourth-order valence-corrected chi connectivity index (χ4v) is 18.8. The van der Waals surface area contributed by atoms with Crippen molar-refractivity contribution in [2.45, 2.75) is 549 Å². The molecule has 0 aliphatic heterocycles. The molecule has 0 amide bonds. The standard InChI is InChI=1S/C112H222N4O10/c1-10-17-23-29-39-57-78-105(77-55-27-21-14-5)102-125-109(119)86-63-53-69-92-116(97-95-114(9)89-66-48-50-72-99-118)93-70-54-64-87-110(120)126-103-106(79-58-40-30-24-18-11-2)81-75-80-104(16-7)76-56-43-44-62-85-108(84-61-42-32-26-20-13-4)112(122)124-101-74-52-38-34-36-46-68-91-115(96-94-113(8)88-65-47-49-71-98-117)90-67-45-35-33-37-51-73-100-123-111(121)107(82-59-28-22-15-6)83-60-41-31-25-19-12-3/h104-108,117-118H,10-103H2,1-9H3. The van der Waals surface area contributed by atoms with E-state index in [0.29, 0.717) is 57.7 Å². The molecule has 0 radical (unpaired) electrons. The topological polar surface area (TPSA) is 159 Å². The maximum absolute atomic E-state index is 13.8. The van der Waals surface area contributed by atoms with Gasteiger partial charge in [0.1, 0.15) is 0 Å². The molecule has 0 heterocycles. The second kappa shape index (κ2) is 100. The van der Waals surface area contributed by atoms with Gasteiger partial charge in [-0.05, 0) is 200 Å². The Morgan fingerprint density at radius 1 is 0.222 bits per heavy atom. The molecule has 0 aromatic rings. The molecule has 0 aromatic carbocycles. The zero-order chi connectivity index (χ0) is 91.8. The Morgan fingerprint density at radius 3 is 0.754 bits per heavy atom. The summed E-state index contributed by atoms with van der Waals surface area (Å²) in [6.07, 6.45) is 91.7. The number of aliphatic hydroxyl groups is 2. The van der Waals surface area contributed by atoms with Crippen LogP contribution < -0.4 is 0 Å². The van der Waals surface area contributed by atoms with Crippen LogP contribution >= 0.6 is 0 Å². The summed E-state index contributed by atoms with van der Waals surface area (Å²) in [5.74, 6) is 1.92. The Balaban J connectivity index is 5.18. The monoisotopic (exact) mass is 1780 g/mol. The summed E-state index contributed by atoms with van der Waals surface area (Å²) in [6, 6.07) is 0. The molecule has 5 unspecified atom stereocenters. The van der Waals surface area contributed by atoms with Gasteiger partial charge in [0.2, 0.25) is 0 Å². The normalized spacial score (nSPS) is 13.1. The SMILES string of the molecule is CCCCCCCCC(CCCCCC)COC(=O)CCCCCN(CCCCCC(=O)OCC(CCCCCCCC)CCCC(CC)CCCCCCC(CCCCCCCC)C(=O)OCCCCCCCCCN(CCCCCCCCCOC(=O)C(CCCCCC)CCCCCCCC)CCN(C)CCCCCCO)CCN(C)CCCCCCO. The molecule has 14 nitrogen and oxygen atoms in total. The van der Waals surface area contributed by atoms with Crippen LogP contribution in [0.25, 0.3) is 0 Å². The second-order valence-electron chi connectivity index (χ2n) is 40.1. The summed E-state index contributed by atoms with van der Waals surface area (Å²) in [5.41, 5.74) is 0. The second-order valence-corrected chi connectivity index (χ2v) is 40.1. The number of likely N-dealkylation sites (N-methyl/N-ethyl adjacent to an activating group) is 2. The Labute approximate surface area is 785 Å². The number of unbranched alkanes of at least 4 members (excludes halogenated alkanes) is 51. The Bertz CT molecular complexity index is 2210. The summed E-state index contributed by atoms with van der Waals surface area (Å²) in [4.78, 5) is 63.7. The first-order valence-corrected chi connectivity index (χ1v) is 56.5. The molecule has 5 atom stereocenters. The summed E-state index contributed by atoms with van der Waals surface area (Å²) in [7, 11) is 4.53. The average molecular weight is 1790 g/mol. The highest BCUT2D eigenvalue weighted by Gasteiger charge is 2.23. The molecule has 2 N–H and O–H groups in total. The lowest BCUT2D eigenvalue weighted by Crippen LogP contribution is -2.35. The number of ether oxygens (including phenoxy) is 4. The number of carbonyl (C=O) groups excluding carboxylic acids is 4. The van der Waals surface area contributed by atoms with Crippen molar-refractivity contribution < 1.29 is 48.3 Å². The van der Waals surface area contributed by atoms with Gasteiger partial charge in [-0.3, -0.25) is 19.2 Å². The minimum Gasteiger partial charge on any atom is -0.465 e. The smallest absolute Gasteiger partial charge is 0.308 e. The van der Waals surface area contributed by atoms with Crippen molar-refractivity contribution in [2.24, 2.45) is 29.6 Å². The maximum atomic E-state index is 13.8. The van der Waals surface area contributed by atoms with E-state index in [1.807, 2.05) is 0 Å². The van der Waals surface area contributed by atoms with Crippen LogP contribution in [-0.2, 0) is 38.1 Å². The van der Waals surface area contributed by atoms with E-state index in [9.17, 15) is 29.4 Å².